The van der Waals surface area contributed by atoms with Gasteiger partial charge in [0.1, 0.15) is 0 Å². The van der Waals surface area contributed by atoms with Crippen LogP contribution in [-0.2, 0) is 43.7 Å². The SMILES string of the molecule is CCN(CC1CCC(C(=O)O)CC1)c1ccc(CC(F)(F)F)cc1CN(Cc1cc(C(F)(F)F)cc(C(F)(F)F)c1)c1nnn(C)n1. The number of rotatable bonds is 11. The summed E-state index contributed by atoms with van der Waals surface area (Å²) in [5.74, 6) is -1.38. The van der Waals surface area contributed by atoms with Crippen LogP contribution in [0.1, 0.15) is 60.4 Å². The molecule has 0 unspecified atom stereocenters. The summed E-state index contributed by atoms with van der Waals surface area (Å²) in [6.07, 6.45) is -13.8. The van der Waals surface area contributed by atoms with Gasteiger partial charge < -0.3 is 14.9 Å². The Morgan fingerprint density at radius 2 is 1.49 bits per heavy atom. The third-order valence-electron chi connectivity index (χ3n) is 8.11. The molecule has 8 nitrogen and oxygen atoms in total. The van der Waals surface area contributed by atoms with E-state index in [-0.39, 0.29) is 35.6 Å². The molecule has 1 N–H and O–H groups in total. The summed E-state index contributed by atoms with van der Waals surface area (Å²) in [6, 6.07) is 5.30. The number of carboxylic acids is 1. The first-order valence-corrected chi connectivity index (χ1v) is 14.8. The Hall–Kier alpha value is -4.05. The van der Waals surface area contributed by atoms with Crippen LogP contribution < -0.4 is 9.80 Å². The molecule has 0 aliphatic heterocycles. The fourth-order valence-corrected chi connectivity index (χ4v) is 5.85. The van der Waals surface area contributed by atoms with Crippen LogP contribution in [0.4, 0.5) is 51.1 Å². The lowest BCUT2D eigenvalue weighted by molar-refractivity contribution is -0.144. The number of anilines is 2. The molecular weight excluding hydrogens is 647 g/mol. The number of aryl methyl sites for hydroxylation is 1. The molecule has 0 atom stereocenters. The van der Waals surface area contributed by atoms with Crippen LogP contribution in [0.3, 0.4) is 0 Å². The topological polar surface area (TPSA) is 87.4 Å². The molecule has 0 spiro atoms. The van der Waals surface area contributed by atoms with E-state index >= 15 is 0 Å². The predicted octanol–water partition coefficient (Wildman–Crippen LogP) is 7.28. The fraction of sp³-hybridized carbons (Fsp3) is 0.533. The Kier molecular flexibility index (Phi) is 10.6. The van der Waals surface area contributed by atoms with E-state index in [1.54, 1.807) is 0 Å². The molecule has 1 aliphatic rings. The number of benzene rings is 2. The Balaban J connectivity index is 1.74. The maximum absolute atomic E-state index is 13.6. The molecule has 0 bridgehead atoms. The first-order valence-electron chi connectivity index (χ1n) is 14.8. The van der Waals surface area contributed by atoms with E-state index in [1.807, 2.05) is 11.8 Å². The second kappa shape index (κ2) is 14.0. The average molecular weight is 681 g/mol. The quantitative estimate of drug-likeness (QED) is 0.213. The molecule has 258 valence electrons. The predicted molar refractivity (Wildman–Crippen MR) is 152 cm³/mol. The summed E-state index contributed by atoms with van der Waals surface area (Å²) in [6.45, 7) is 1.86. The van der Waals surface area contributed by atoms with Crippen LogP contribution >= 0.6 is 0 Å². The third-order valence-corrected chi connectivity index (χ3v) is 8.11. The first-order chi connectivity index (χ1) is 21.8. The molecule has 0 amide bonds. The molecule has 47 heavy (non-hydrogen) atoms. The summed E-state index contributed by atoms with van der Waals surface area (Å²) in [5, 5.41) is 21.0. The molecule has 1 aliphatic carbocycles. The van der Waals surface area contributed by atoms with Gasteiger partial charge in [-0.25, -0.2) is 0 Å². The largest absolute Gasteiger partial charge is 0.481 e. The fourth-order valence-electron chi connectivity index (χ4n) is 5.85. The standard InChI is InChI=1S/C30H33F9N6O2/c1-3-44(15-18-4-7-21(8-5-18)26(46)47)25-9-6-19(14-28(31,32)33)10-22(25)17-45(27-40-42-43(2)41-27)16-20-11-23(29(34,35)36)13-24(12-20)30(37,38)39/h6,9-13,18,21H,3-5,7-8,14-17H2,1-2H3,(H,46,47). The van der Waals surface area contributed by atoms with E-state index in [4.69, 9.17) is 0 Å². The van der Waals surface area contributed by atoms with Crippen molar-refractivity contribution in [3.05, 3.63) is 64.2 Å². The second-order valence-corrected chi connectivity index (χ2v) is 11.7. The molecular formula is C30H33F9N6O2. The number of carbonyl (C=O) groups is 1. The van der Waals surface area contributed by atoms with E-state index < -0.39 is 54.5 Å². The van der Waals surface area contributed by atoms with Crippen molar-refractivity contribution >= 4 is 17.6 Å². The van der Waals surface area contributed by atoms with Crippen molar-refractivity contribution in [2.45, 2.75) is 70.6 Å². The molecule has 1 fully saturated rings. The highest BCUT2D eigenvalue weighted by molar-refractivity contribution is 5.70. The number of hydrogen-bond donors (Lipinski definition) is 1. The van der Waals surface area contributed by atoms with Crippen LogP contribution in [0.15, 0.2) is 36.4 Å². The highest BCUT2D eigenvalue weighted by atomic mass is 19.4. The summed E-state index contributed by atoms with van der Waals surface area (Å²) in [4.78, 5) is 15.6. The van der Waals surface area contributed by atoms with E-state index in [2.05, 4.69) is 15.4 Å². The van der Waals surface area contributed by atoms with Crippen LogP contribution in [0.2, 0.25) is 0 Å². The number of alkyl halides is 9. The van der Waals surface area contributed by atoms with E-state index in [1.165, 1.54) is 30.1 Å². The number of tetrazole rings is 1. The molecule has 1 heterocycles. The van der Waals surface area contributed by atoms with Crippen molar-refractivity contribution in [2.75, 3.05) is 22.9 Å². The van der Waals surface area contributed by atoms with Gasteiger partial charge >= 0.3 is 24.5 Å². The second-order valence-electron chi connectivity index (χ2n) is 11.7. The zero-order valence-electron chi connectivity index (χ0n) is 25.4. The maximum atomic E-state index is 13.6. The zero-order chi connectivity index (χ0) is 34.7. The number of halogens is 9. The minimum atomic E-state index is -5.09. The van der Waals surface area contributed by atoms with Crippen molar-refractivity contribution in [3.63, 3.8) is 0 Å². The highest BCUT2D eigenvalue weighted by Gasteiger charge is 2.37. The van der Waals surface area contributed by atoms with Gasteiger partial charge in [0, 0.05) is 31.9 Å². The molecule has 1 aromatic heterocycles. The van der Waals surface area contributed by atoms with E-state index in [9.17, 15) is 49.4 Å². The molecule has 2 aromatic carbocycles. The monoisotopic (exact) mass is 680 g/mol. The van der Waals surface area contributed by atoms with E-state index in [0.29, 0.717) is 62.2 Å². The maximum Gasteiger partial charge on any atom is 0.416 e. The number of aliphatic carboxylic acids is 1. The van der Waals surface area contributed by atoms with E-state index in [0.717, 1.165) is 4.80 Å². The Morgan fingerprint density at radius 1 is 0.872 bits per heavy atom. The van der Waals surface area contributed by atoms with Gasteiger partial charge in [0.25, 0.3) is 5.95 Å². The third kappa shape index (κ3) is 9.73. The number of carboxylic acid groups (broad SMARTS) is 1. The Bertz CT molecular complexity index is 1500. The van der Waals surface area contributed by atoms with Gasteiger partial charge in [0.2, 0.25) is 0 Å². The summed E-state index contributed by atoms with van der Waals surface area (Å²) < 4.78 is 122. The molecule has 17 heteroatoms. The molecule has 0 radical (unpaired) electrons. The van der Waals surface area contributed by atoms with Crippen molar-refractivity contribution in [1.82, 2.24) is 20.2 Å². The molecule has 4 rings (SSSR count). The minimum absolute atomic E-state index is 0.0101. The number of aromatic nitrogens is 4. The normalized spacial score (nSPS) is 17.5. The van der Waals surface area contributed by atoms with Gasteiger partial charge in [-0.1, -0.05) is 17.2 Å². The smallest absolute Gasteiger partial charge is 0.416 e. The van der Waals surface area contributed by atoms with Gasteiger partial charge in [-0.15, -0.1) is 5.10 Å². The van der Waals surface area contributed by atoms with Crippen LogP contribution in [-0.4, -0.2) is 50.5 Å². The van der Waals surface area contributed by atoms with Gasteiger partial charge in [0.05, 0.1) is 30.5 Å². The van der Waals surface area contributed by atoms with Crippen LogP contribution in [0.5, 0.6) is 0 Å². The summed E-state index contributed by atoms with van der Waals surface area (Å²) >= 11 is 0. The summed E-state index contributed by atoms with van der Waals surface area (Å²) in [5.41, 5.74) is -2.69. The van der Waals surface area contributed by atoms with Crippen molar-refractivity contribution in [2.24, 2.45) is 18.9 Å². The van der Waals surface area contributed by atoms with Gasteiger partial charge in [-0.2, -0.15) is 44.3 Å². The van der Waals surface area contributed by atoms with Gasteiger partial charge in [-0.3, -0.25) is 4.79 Å². The minimum Gasteiger partial charge on any atom is -0.481 e. The Morgan fingerprint density at radius 3 is 1.98 bits per heavy atom. The van der Waals surface area contributed by atoms with Crippen molar-refractivity contribution in [1.29, 1.82) is 0 Å². The first kappa shape index (κ1) is 35.8. The lowest BCUT2D eigenvalue weighted by atomic mass is 9.81. The lowest BCUT2D eigenvalue weighted by Gasteiger charge is -2.34. The van der Waals surface area contributed by atoms with Gasteiger partial charge in [0.15, 0.2) is 0 Å². The molecule has 3 aromatic rings. The van der Waals surface area contributed by atoms with Crippen LogP contribution in [0, 0.1) is 11.8 Å². The number of hydrogen-bond acceptors (Lipinski definition) is 6. The average Bonchev–Trinajstić information content (AvgIpc) is 3.40. The van der Waals surface area contributed by atoms with Gasteiger partial charge in [-0.05, 0) is 84.7 Å². The number of nitrogens with zero attached hydrogens (tertiary/aromatic N) is 6. The Labute approximate surface area is 264 Å². The molecule has 1 saturated carbocycles. The summed E-state index contributed by atoms with van der Waals surface area (Å²) in [7, 11) is 1.40. The van der Waals surface area contributed by atoms with Crippen LogP contribution in [0.25, 0.3) is 0 Å². The molecule has 0 saturated heterocycles. The highest BCUT2D eigenvalue weighted by Crippen LogP contribution is 2.38. The van der Waals surface area contributed by atoms with Crippen molar-refractivity contribution < 1.29 is 49.4 Å². The van der Waals surface area contributed by atoms with Crippen molar-refractivity contribution in [3.8, 4) is 0 Å². The lowest BCUT2D eigenvalue weighted by Crippen LogP contribution is -2.34. The zero-order valence-corrected chi connectivity index (χ0v) is 25.4.